The molecule has 1 unspecified atom stereocenters. The first-order chi connectivity index (χ1) is 8.66. The Balaban J connectivity index is 1.81. The molecule has 3 N–H and O–H groups in total. The molecule has 1 aromatic rings. The molecule has 1 atom stereocenters. The summed E-state index contributed by atoms with van der Waals surface area (Å²) in [6.07, 6.45) is 2.25. The minimum absolute atomic E-state index is 0.0401. The van der Waals surface area contributed by atoms with E-state index in [0.717, 1.165) is 25.9 Å². The summed E-state index contributed by atoms with van der Waals surface area (Å²) in [5, 5.41) is 9.60. The van der Waals surface area contributed by atoms with Crippen molar-refractivity contribution in [1.82, 2.24) is 4.90 Å². The molecule has 0 saturated carbocycles. The van der Waals surface area contributed by atoms with Crippen molar-refractivity contribution in [3.63, 3.8) is 0 Å². The van der Waals surface area contributed by atoms with Gasteiger partial charge in [0.25, 0.3) is 0 Å². The van der Waals surface area contributed by atoms with Gasteiger partial charge in [0, 0.05) is 6.04 Å². The zero-order valence-corrected chi connectivity index (χ0v) is 10.9. The lowest BCUT2D eigenvalue weighted by molar-refractivity contribution is 0.165. The van der Waals surface area contributed by atoms with Crippen LogP contribution in [-0.2, 0) is 0 Å². The minimum atomic E-state index is 0.0401. The van der Waals surface area contributed by atoms with E-state index in [2.05, 4.69) is 11.9 Å². The lowest BCUT2D eigenvalue weighted by Gasteiger charge is -2.32. The Kier molecular flexibility index (Phi) is 4.44. The van der Waals surface area contributed by atoms with Crippen LogP contribution < -0.4 is 10.5 Å². The van der Waals surface area contributed by atoms with E-state index in [4.69, 9.17) is 10.5 Å². The van der Waals surface area contributed by atoms with Gasteiger partial charge < -0.3 is 20.5 Å². The molecule has 1 fully saturated rings. The third-order valence-corrected chi connectivity index (χ3v) is 3.67. The van der Waals surface area contributed by atoms with Crippen LogP contribution >= 0.6 is 0 Å². The van der Waals surface area contributed by atoms with Gasteiger partial charge in [0.15, 0.2) is 11.5 Å². The largest absolute Gasteiger partial charge is 0.504 e. The summed E-state index contributed by atoms with van der Waals surface area (Å²) in [5.74, 6) is 1.21. The third-order valence-electron chi connectivity index (χ3n) is 3.67. The maximum Gasteiger partial charge on any atom is 0.160 e. The number of nitrogens with two attached hydrogens (primary N) is 1. The van der Waals surface area contributed by atoms with Gasteiger partial charge in [-0.2, -0.15) is 0 Å². The second-order valence-corrected chi connectivity index (χ2v) is 5.08. The number of phenolic OH excluding ortho intramolecular Hbond substituents is 1. The van der Waals surface area contributed by atoms with E-state index in [1.54, 1.807) is 18.2 Å². The fourth-order valence-electron chi connectivity index (χ4n) is 2.36. The van der Waals surface area contributed by atoms with Crippen LogP contribution in [0, 0.1) is 5.92 Å². The zero-order valence-electron chi connectivity index (χ0n) is 10.9. The number of piperidine rings is 1. The predicted octanol–water partition coefficient (Wildman–Crippen LogP) is 1.44. The lowest BCUT2D eigenvalue weighted by Crippen LogP contribution is -2.42. The lowest BCUT2D eigenvalue weighted by atomic mass is 9.90. The van der Waals surface area contributed by atoms with Crippen molar-refractivity contribution >= 4 is 0 Å². The predicted molar refractivity (Wildman–Crippen MR) is 71.8 cm³/mol. The molecule has 2 rings (SSSR count). The van der Waals surface area contributed by atoms with E-state index < -0.39 is 0 Å². The number of rotatable bonds is 4. The van der Waals surface area contributed by atoms with E-state index >= 15 is 0 Å². The molecule has 1 aliphatic heterocycles. The number of ether oxygens (including phenoxy) is 1. The second kappa shape index (κ2) is 6.07. The van der Waals surface area contributed by atoms with Gasteiger partial charge in [0.1, 0.15) is 6.61 Å². The Hall–Kier alpha value is -1.26. The highest BCUT2D eigenvalue weighted by Crippen LogP contribution is 2.25. The van der Waals surface area contributed by atoms with Gasteiger partial charge in [-0.15, -0.1) is 0 Å². The standard InChI is InChI=1S/C14H22N2O2/c1-16-8-6-11(7-9-16)12(15)10-18-14-5-3-2-4-13(14)17/h2-5,11-12,17H,6-10,15H2,1H3. The fraction of sp³-hybridized carbons (Fsp3) is 0.571. The number of likely N-dealkylation sites (tertiary alicyclic amines) is 1. The summed E-state index contributed by atoms with van der Waals surface area (Å²) in [7, 11) is 2.14. The highest BCUT2D eigenvalue weighted by atomic mass is 16.5. The Morgan fingerprint density at radius 3 is 2.72 bits per heavy atom. The third kappa shape index (κ3) is 3.37. The quantitative estimate of drug-likeness (QED) is 0.849. The molecule has 0 amide bonds. The van der Waals surface area contributed by atoms with Gasteiger partial charge in [-0.25, -0.2) is 0 Å². The monoisotopic (exact) mass is 250 g/mol. The van der Waals surface area contributed by atoms with Gasteiger partial charge >= 0.3 is 0 Å². The number of aromatic hydroxyl groups is 1. The number of phenols is 1. The summed E-state index contributed by atoms with van der Waals surface area (Å²) in [6, 6.07) is 7.04. The van der Waals surface area contributed by atoms with Crippen LogP contribution in [0.15, 0.2) is 24.3 Å². The average Bonchev–Trinajstić information content (AvgIpc) is 2.38. The van der Waals surface area contributed by atoms with Gasteiger partial charge in [-0.1, -0.05) is 12.1 Å². The molecule has 18 heavy (non-hydrogen) atoms. The molecule has 1 aliphatic rings. The minimum Gasteiger partial charge on any atom is -0.504 e. The Labute approximate surface area is 108 Å². The van der Waals surface area contributed by atoms with Crippen molar-refractivity contribution in [3.8, 4) is 11.5 Å². The Bertz CT molecular complexity index is 376. The molecule has 1 aromatic carbocycles. The zero-order chi connectivity index (χ0) is 13.0. The molecule has 1 heterocycles. The van der Waals surface area contributed by atoms with E-state index in [-0.39, 0.29) is 11.8 Å². The van der Waals surface area contributed by atoms with E-state index in [1.807, 2.05) is 6.07 Å². The van der Waals surface area contributed by atoms with Crippen molar-refractivity contribution in [2.24, 2.45) is 11.7 Å². The van der Waals surface area contributed by atoms with Crippen molar-refractivity contribution < 1.29 is 9.84 Å². The molecule has 4 nitrogen and oxygen atoms in total. The van der Waals surface area contributed by atoms with Crippen molar-refractivity contribution in [1.29, 1.82) is 0 Å². The molecule has 0 aromatic heterocycles. The number of hydrogen-bond donors (Lipinski definition) is 2. The van der Waals surface area contributed by atoms with E-state index in [9.17, 15) is 5.11 Å². The molecular formula is C14H22N2O2. The molecule has 1 saturated heterocycles. The first-order valence-electron chi connectivity index (χ1n) is 6.51. The Morgan fingerprint density at radius 1 is 1.39 bits per heavy atom. The first kappa shape index (κ1) is 13.2. The van der Waals surface area contributed by atoms with Gasteiger partial charge in [-0.05, 0) is 51.0 Å². The summed E-state index contributed by atoms with van der Waals surface area (Å²) in [4.78, 5) is 2.33. The van der Waals surface area contributed by atoms with Gasteiger partial charge in [0.2, 0.25) is 0 Å². The number of benzene rings is 1. The molecule has 0 radical (unpaired) electrons. The van der Waals surface area contributed by atoms with Gasteiger partial charge in [-0.3, -0.25) is 0 Å². The highest BCUT2D eigenvalue weighted by molar-refractivity contribution is 5.37. The van der Waals surface area contributed by atoms with Crippen molar-refractivity contribution in [3.05, 3.63) is 24.3 Å². The SMILES string of the molecule is CN1CCC(C(N)COc2ccccc2O)CC1. The van der Waals surface area contributed by atoms with Crippen molar-refractivity contribution in [2.75, 3.05) is 26.7 Å². The van der Waals surface area contributed by atoms with Gasteiger partial charge in [0.05, 0.1) is 0 Å². The van der Waals surface area contributed by atoms with Crippen LogP contribution in [0.2, 0.25) is 0 Å². The molecule has 100 valence electrons. The smallest absolute Gasteiger partial charge is 0.160 e. The van der Waals surface area contributed by atoms with E-state index in [1.165, 1.54) is 0 Å². The second-order valence-electron chi connectivity index (χ2n) is 5.08. The molecule has 4 heteroatoms. The summed E-state index contributed by atoms with van der Waals surface area (Å²) >= 11 is 0. The van der Waals surface area contributed by atoms with Crippen LogP contribution in [0.4, 0.5) is 0 Å². The molecule has 0 spiro atoms. The van der Waals surface area contributed by atoms with Crippen LogP contribution in [0.25, 0.3) is 0 Å². The normalized spacial score (nSPS) is 19.7. The molecular weight excluding hydrogens is 228 g/mol. The van der Waals surface area contributed by atoms with Crippen LogP contribution in [0.1, 0.15) is 12.8 Å². The summed E-state index contributed by atoms with van der Waals surface area (Å²) in [6.45, 7) is 2.68. The maximum atomic E-state index is 9.60. The Morgan fingerprint density at radius 2 is 2.06 bits per heavy atom. The molecule has 0 aliphatic carbocycles. The summed E-state index contributed by atoms with van der Waals surface area (Å²) < 4.78 is 5.59. The van der Waals surface area contributed by atoms with E-state index in [0.29, 0.717) is 18.3 Å². The number of para-hydroxylation sites is 2. The van der Waals surface area contributed by atoms with Crippen LogP contribution in [0.5, 0.6) is 11.5 Å². The molecule has 0 bridgehead atoms. The van der Waals surface area contributed by atoms with Crippen LogP contribution in [0.3, 0.4) is 0 Å². The highest BCUT2D eigenvalue weighted by Gasteiger charge is 2.23. The average molecular weight is 250 g/mol. The van der Waals surface area contributed by atoms with Crippen LogP contribution in [-0.4, -0.2) is 42.8 Å². The fourth-order valence-corrected chi connectivity index (χ4v) is 2.36. The topological polar surface area (TPSA) is 58.7 Å². The first-order valence-corrected chi connectivity index (χ1v) is 6.51. The van der Waals surface area contributed by atoms with Crippen molar-refractivity contribution in [2.45, 2.75) is 18.9 Å². The number of nitrogens with zero attached hydrogens (tertiary/aromatic N) is 1. The summed E-state index contributed by atoms with van der Waals surface area (Å²) in [5.41, 5.74) is 6.17. The maximum absolute atomic E-state index is 9.60. The number of hydrogen-bond acceptors (Lipinski definition) is 4.